The first kappa shape index (κ1) is 22.6. The fourth-order valence-electron chi connectivity index (χ4n) is 0. The normalized spacial score (nSPS) is 4.40. The molecule has 64 valence electrons. The summed E-state index contributed by atoms with van der Waals surface area (Å²) >= 11 is 16.6. The highest BCUT2D eigenvalue weighted by Crippen LogP contribution is 1.59. The molecular formula is C4H13ClP2S3. The number of alkyl halides is 1. The molecule has 0 N–H and O–H groups in total. The predicted octanol–water partition coefficient (Wildman–Crippen LogP) is 3.36. The Bertz CT molecular complexity index is 30.5. The van der Waals surface area contributed by atoms with Crippen LogP contribution in [0.3, 0.4) is 0 Å². The molecule has 0 amide bonds. The molecule has 0 saturated heterocycles. The summed E-state index contributed by atoms with van der Waals surface area (Å²) in [7, 11) is 5.11. The van der Waals surface area contributed by atoms with Crippen molar-refractivity contribution >= 4 is 63.9 Å². The number of hydrogen-bond acceptors (Lipinski definition) is 3. The second-order valence-electron chi connectivity index (χ2n) is 0.583. The number of rotatable bonds is 0. The molecule has 0 aliphatic rings. The summed E-state index contributed by atoms with van der Waals surface area (Å²) in [4.78, 5) is 0. The maximum absolute atomic E-state index is 5.00. The van der Waals surface area contributed by atoms with Gasteiger partial charge in [-0.1, -0.05) is 37.5 Å². The van der Waals surface area contributed by atoms with Crippen molar-refractivity contribution in [3.63, 3.8) is 0 Å². The van der Waals surface area contributed by atoms with E-state index in [0.29, 0.717) is 0 Å². The summed E-state index contributed by atoms with van der Waals surface area (Å²) in [5, 5.41) is 0. The molecule has 6 heteroatoms. The minimum atomic E-state index is 0.722. The van der Waals surface area contributed by atoms with E-state index in [1.807, 2.05) is 13.8 Å². The maximum atomic E-state index is 5.00. The maximum Gasteiger partial charge on any atom is 0.0195 e. The van der Waals surface area contributed by atoms with E-state index in [-0.39, 0.29) is 0 Å². The lowest BCUT2D eigenvalue weighted by molar-refractivity contribution is 1.51. The monoisotopic (exact) mass is 254 g/mol. The van der Waals surface area contributed by atoms with E-state index in [2.05, 4.69) is 52.3 Å². The Morgan fingerprint density at radius 2 is 1.20 bits per heavy atom. The lowest BCUT2D eigenvalue weighted by atomic mass is 11.0. The molecule has 0 fully saturated rings. The van der Waals surface area contributed by atoms with Crippen molar-refractivity contribution in [1.82, 2.24) is 0 Å². The van der Waals surface area contributed by atoms with E-state index in [4.69, 9.17) is 11.6 Å². The average Bonchev–Trinajstić information content (AvgIpc) is 1.99. The van der Waals surface area contributed by atoms with Gasteiger partial charge in [-0.3, -0.25) is 0 Å². The molecular weight excluding hydrogens is 242 g/mol. The first-order valence-electron chi connectivity index (χ1n) is 2.41. The van der Waals surface area contributed by atoms with Crippen LogP contribution in [0.2, 0.25) is 0 Å². The molecule has 0 spiro atoms. The third-order valence-corrected chi connectivity index (χ3v) is 0. The summed E-state index contributed by atoms with van der Waals surface area (Å²) in [6.45, 7) is 3.88. The van der Waals surface area contributed by atoms with E-state index in [1.54, 1.807) is 0 Å². The summed E-state index contributed by atoms with van der Waals surface area (Å²) in [6.07, 6.45) is 0. The zero-order chi connectivity index (χ0) is 9.41. The topological polar surface area (TPSA) is 0 Å². The van der Waals surface area contributed by atoms with Crippen LogP contribution in [0.5, 0.6) is 0 Å². The zero-order valence-corrected chi connectivity index (χ0v) is 11.3. The SMILES string of the molecule is CCCl.CCS.P=S.P=S. The van der Waals surface area contributed by atoms with Crippen LogP contribution in [0.1, 0.15) is 13.8 Å². The second kappa shape index (κ2) is 73.9. The predicted molar refractivity (Wildman–Crippen MR) is 67.3 cm³/mol. The molecule has 0 aliphatic heterocycles. The molecule has 0 aromatic rings. The Labute approximate surface area is 89.0 Å². The summed E-state index contributed by atoms with van der Waals surface area (Å²) in [5.74, 6) is 1.67. The standard InChI is InChI=1S/C2H5Cl.C2H6S.2HPS/c2*1-2-3;2*1-2/h2H2,1H3;3H,2H2,1H3;2*1H. The van der Waals surface area contributed by atoms with Crippen molar-refractivity contribution in [2.24, 2.45) is 0 Å². The van der Waals surface area contributed by atoms with Crippen LogP contribution < -0.4 is 0 Å². The van der Waals surface area contributed by atoms with Crippen molar-refractivity contribution in [2.45, 2.75) is 13.8 Å². The van der Waals surface area contributed by atoms with Gasteiger partial charge < -0.3 is 0 Å². The summed E-state index contributed by atoms with van der Waals surface area (Å²) < 4.78 is 0. The van der Waals surface area contributed by atoms with Gasteiger partial charge in [0.05, 0.1) is 0 Å². The fraction of sp³-hybridized carbons (Fsp3) is 1.00. The minimum absolute atomic E-state index is 0.722. The van der Waals surface area contributed by atoms with Gasteiger partial charge in [-0.15, -0.1) is 11.6 Å². The van der Waals surface area contributed by atoms with Crippen LogP contribution in [0.25, 0.3) is 0 Å². The molecule has 0 radical (unpaired) electrons. The van der Waals surface area contributed by atoms with Gasteiger partial charge in [0.15, 0.2) is 0 Å². The Kier molecular flexibility index (Phi) is 167. The molecule has 0 heterocycles. The molecule has 10 heavy (non-hydrogen) atoms. The van der Waals surface area contributed by atoms with Crippen molar-refractivity contribution in [1.29, 1.82) is 0 Å². The van der Waals surface area contributed by atoms with Crippen molar-refractivity contribution in [3.05, 3.63) is 0 Å². The summed E-state index contributed by atoms with van der Waals surface area (Å²) in [5.41, 5.74) is 0. The van der Waals surface area contributed by atoms with E-state index in [9.17, 15) is 0 Å². The lowest BCUT2D eigenvalue weighted by Crippen LogP contribution is -1.36. The molecule has 0 rings (SSSR count). The smallest absolute Gasteiger partial charge is 0.0195 e. The Hall–Kier alpha value is 1.68. The van der Waals surface area contributed by atoms with Crippen LogP contribution in [0, 0.1) is 0 Å². The Morgan fingerprint density at radius 3 is 1.20 bits per heavy atom. The van der Waals surface area contributed by atoms with Crippen molar-refractivity contribution in [2.75, 3.05) is 11.6 Å². The van der Waals surface area contributed by atoms with Crippen LogP contribution in [-0.2, 0) is 23.6 Å². The highest BCUT2D eigenvalue weighted by molar-refractivity contribution is 7.89. The fourth-order valence-corrected chi connectivity index (χ4v) is 0. The van der Waals surface area contributed by atoms with E-state index >= 15 is 0 Å². The average molecular weight is 255 g/mol. The van der Waals surface area contributed by atoms with Gasteiger partial charge in [-0.2, -0.15) is 12.6 Å². The van der Waals surface area contributed by atoms with Crippen LogP contribution in [0.4, 0.5) is 0 Å². The van der Waals surface area contributed by atoms with Gasteiger partial charge in [0.1, 0.15) is 0 Å². The Balaban J connectivity index is -0.0000000246. The minimum Gasteiger partial charge on any atom is -0.180 e. The molecule has 0 aliphatic carbocycles. The highest BCUT2D eigenvalue weighted by atomic mass is 35.5. The summed E-state index contributed by atoms with van der Waals surface area (Å²) in [6, 6.07) is 0. The first-order valence-corrected chi connectivity index (χ1v) is 6.84. The van der Waals surface area contributed by atoms with Gasteiger partial charge in [0, 0.05) is 5.88 Å². The molecule has 0 aromatic heterocycles. The van der Waals surface area contributed by atoms with E-state index in [1.165, 1.54) is 0 Å². The largest absolute Gasteiger partial charge is 0.180 e. The molecule has 0 nitrogen and oxygen atoms in total. The van der Waals surface area contributed by atoms with Crippen molar-refractivity contribution < 1.29 is 0 Å². The van der Waals surface area contributed by atoms with Gasteiger partial charge in [-0.25, -0.2) is 0 Å². The van der Waals surface area contributed by atoms with Crippen LogP contribution in [0.15, 0.2) is 0 Å². The van der Waals surface area contributed by atoms with Gasteiger partial charge in [0.2, 0.25) is 0 Å². The second-order valence-corrected chi connectivity index (χ2v) is 1.75. The molecule has 0 atom stereocenters. The molecule has 0 bridgehead atoms. The van der Waals surface area contributed by atoms with Gasteiger partial charge >= 0.3 is 0 Å². The molecule has 0 unspecified atom stereocenters. The highest BCUT2D eigenvalue weighted by Gasteiger charge is 1.38. The molecule has 0 saturated carbocycles. The number of halogens is 1. The zero-order valence-electron chi connectivity index (χ0n) is 6.06. The molecule has 0 aromatic carbocycles. The number of hydrogen-bond donors (Lipinski definition) is 1. The third-order valence-electron chi connectivity index (χ3n) is 0. The lowest BCUT2D eigenvalue weighted by Gasteiger charge is -1.48. The Morgan fingerprint density at radius 1 is 1.20 bits per heavy atom. The quantitative estimate of drug-likeness (QED) is 0.400. The third kappa shape index (κ3) is 258. The van der Waals surface area contributed by atoms with Crippen molar-refractivity contribution in [3.8, 4) is 0 Å². The van der Waals surface area contributed by atoms with Gasteiger partial charge in [0.25, 0.3) is 0 Å². The van der Waals surface area contributed by atoms with Gasteiger partial charge in [-0.05, 0) is 21.8 Å². The van der Waals surface area contributed by atoms with E-state index < -0.39 is 0 Å². The van der Waals surface area contributed by atoms with E-state index in [0.717, 1.165) is 11.6 Å². The number of thiol groups is 1. The first-order chi connectivity index (χ1) is 4.83. The van der Waals surface area contributed by atoms with Crippen LogP contribution >= 0.6 is 40.3 Å². The van der Waals surface area contributed by atoms with Crippen LogP contribution in [-0.4, -0.2) is 11.6 Å².